The third-order valence-electron chi connectivity index (χ3n) is 4.87. The van der Waals surface area contributed by atoms with E-state index in [1.54, 1.807) is 12.1 Å². The van der Waals surface area contributed by atoms with Gasteiger partial charge in [-0.25, -0.2) is 4.79 Å². The Hall–Kier alpha value is -3.29. The molecular formula is C20H14F3NO4. The number of cyclic esters (lactones) is 1. The highest BCUT2D eigenvalue weighted by atomic mass is 19.4. The van der Waals surface area contributed by atoms with Gasteiger partial charge in [-0.05, 0) is 42.0 Å². The lowest BCUT2D eigenvalue weighted by Crippen LogP contribution is -2.37. The summed E-state index contributed by atoms with van der Waals surface area (Å²) in [5, 5.41) is 9.46. The van der Waals surface area contributed by atoms with Crippen molar-refractivity contribution >= 4 is 17.6 Å². The molecule has 1 atom stereocenters. The molecule has 1 amide bonds. The summed E-state index contributed by atoms with van der Waals surface area (Å²) in [6.45, 7) is -0.129. The van der Waals surface area contributed by atoms with Crippen LogP contribution < -0.4 is 4.90 Å². The van der Waals surface area contributed by atoms with Crippen LogP contribution in [0.4, 0.5) is 18.9 Å². The maximum atomic E-state index is 12.8. The minimum absolute atomic E-state index is 0.0419. The monoisotopic (exact) mass is 389 g/mol. The lowest BCUT2D eigenvalue weighted by atomic mass is 9.84. The molecule has 0 aliphatic carbocycles. The van der Waals surface area contributed by atoms with Crippen LogP contribution >= 0.6 is 0 Å². The number of amides is 1. The van der Waals surface area contributed by atoms with Crippen molar-refractivity contribution in [2.45, 2.75) is 18.5 Å². The van der Waals surface area contributed by atoms with E-state index in [-0.39, 0.29) is 30.4 Å². The molecule has 0 saturated carbocycles. The van der Waals surface area contributed by atoms with Crippen molar-refractivity contribution in [3.8, 4) is 5.75 Å². The second-order valence-electron chi connectivity index (χ2n) is 6.56. The van der Waals surface area contributed by atoms with Crippen LogP contribution in [-0.4, -0.2) is 23.6 Å². The lowest BCUT2D eigenvalue weighted by Gasteiger charge is -2.32. The van der Waals surface area contributed by atoms with Crippen molar-refractivity contribution in [3.63, 3.8) is 0 Å². The molecule has 2 aliphatic rings. The molecule has 0 bridgehead atoms. The zero-order valence-electron chi connectivity index (χ0n) is 14.4. The van der Waals surface area contributed by atoms with Crippen LogP contribution in [0.5, 0.6) is 5.75 Å². The normalized spacial score (nSPS) is 19.7. The molecule has 5 nitrogen and oxygen atoms in total. The van der Waals surface area contributed by atoms with E-state index in [1.165, 1.54) is 29.2 Å². The van der Waals surface area contributed by atoms with E-state index in [1.807, 2.05) is 0 Å². The van der Waals surface area contributed by atoms with E-state index in [0.717, 1.165) is 12.1 Å². The number of rotatable bonds is 2. The van der Waals surface area contributed by atoms with Crippen molar-refractivity contribution in [1.29, 1.82) is 0 Å². The number of carbonyl (C=O) groups is 2. The van der Waals surface area contributed by atoms with Gasteiger partial charge in [-0.3, -0.25) is 9.69 Å². The number of phenolic OH excluding ortho intramolecular Hbond substituents is 1. The minimum Gasteiger partial charge on any atom is -0.508 e. The predicted octanol–water partition coefficient (Wildman–Crippen LogP) is 3.74. The molecule has 28 heavy (non-hydrogen) atoms. The fourth-order valence-electron chi connectivity index (χ4n) is 3.54. The molecule has 144 valence electrons. The molecule has 0 aromatic heterocycles. The largest absolute Gasteiger partial charge is 0.508 e. The highest BCUT2D eigenvalue weighted by molar-refractivity contribution is 6.06. The van der Waals surface area contributed by atoms with Crippen LogP contribution in [0, 0.1) is 0 Å². The van der Waals surface area contributed by atoms with Crippen LogP contribution in [0.3, 0.4) is 0 Å². The molecule has 2 aromatic carbocycles. The minimum atomic E-state index is -4.48. The average molecular weight is 389 g/mol. The van der Waals surface area contributed by atoms with Gasteiger partial charge in [0.1, 0.15) is 12.4 Å². The van der Waals surface area contributed by atoms with Gasteiger partial charge in [-0.1, -0.05) is 12.1 Å². The Morgan fingerprint density at radius 1 is 1.00 bits per heavy atom. The highest BCUT2D eigenvalue weighted by Gasteiger charge is 2.43. The van der Waals surface area contributed by atoms with Crippen molar-refractivity contribution < 1.29 is 32.6 Å². The Kier molecular flexibility index (Phi) is 4.14. The Labute approximate surface area is 157 Å². The molecule has 1 N–H and O–H groups in total. The SMILES string of the molecule is O=C1OCC2=C1C(c1ccc(O)cc1)CC(=O)N2c1ccc(C(F)(F)F)cc1. The molecule has 8 heteroatoms. The van der Waals surface area contributed by atoms with Crippen LogP contribution in [0.25, 0.3) is 0 Å². The molecule has 0 saturated heterocycles. The number of nitrogens with zero attached hydrogens (tertiary/aromatic N) is 1. The van der Waals surface area contributed by atoms with Crippen LogP contribution in [-0.2, 0) is 20.5 Å². The Bertz CT molecular complexity index is 978. The topological polar surface area (TPSA) is 66.8 Å². The Morgan fingerprint density at radius 3 is 2.25 bits per heavy atom. The quantitative estimate of drug-likeness (QED) is 0.795. The van der Waals surface area contributed by atoms with Gasteiger partial charge >= 0.3 is 12.1 Å². The summed E-state index contributed by atoms with van der Waals surface area (Å²) < 4.78 is 43.5. The number of hydrogen-bond acceptors (Lipinski definition) is 4. The van der Waals surface area contributed by atoms with Crippen LogP contribution in [0.1, 0.15) is 23.5 Å². The first-order valence-corrected chi connectivity index (χ1v) is 8.45. The zero-order chi connectivity index (χ0) is 20.1. The third kappa shape index (κ3) is 3.00. The van der Waals surface area contributed by atoms with Crippen molar-refractivity contribution in [2.75, 3.05) is 11.5 Å². The maximum absolute atomic E-state index is 12.8. The molecule has 2 heterocycles. The average Bonchev–Trinajstić information content (AvgIpc) is 3.03. The number of anilines is 1. The van der Waals surface area contributed by atoms with Gasteiger partial charge in [0.2, 0.25) is 5.91 Å². The highest BCUT2D eigenvalue weighted by Crippen LogP contribution is 2.42. The summed E-state index contributed by atoms with van der Waals surface area (Å²) in [7, 11) is 0. The summed E-state index contributed by atoms with van der Waals surface area (Å²) in [5.74, 6) is -1.39. The summed E-state index contributed by atoms with van der Waals surface area (Å²) in [6, 6.07) is 10.4. The number of halogens is 3. The Morgan fingerprint density at radius 2 is 1.64 bits per heavy atom. The second kappa shape index (κ2) is 6.40. The molecule has 0 fully saturated rings. The van der Waals surface area contributed by atoms with Crippen molar-refractivity contribution in [2.24, 2.45) is 0 Å². The van der Waals surface area contributed by atoms with Gasteiger partial charge in [-0.2, -0.15) is 13.2 Å². The van der Waals surface area contributed by atoms with Gasteiger partial charge in [0.15, 0.2) is 0 Å². The smallest absolute Gasteiger partial charge is 0.416 e. The van der Waals surface area contributed by atoms with Crippen molar-refractivity contribution in [1.82, 2.24) is 0 Å². The number of esters is 1. The number of alkyl halides is 3. The van der Waals surface area contributed by atoms with Gasteiger partial charge in [0.05, 0.1) is 16.8 Å². The first-order valence-electron chi connectivity index (χ1n) is 8.45. The van der Waals surface area contributed by atoms with E-state index in [4.69, 9.17) is 4.74 Å². The van der Waals surface area contributed by atoms with Crippen LogP contribution in [0.2, 0.25) is 0 Å². The lowest BCUT2D eigenvalue weighted by molar-refractivity contribution is -0.138. The number of phenols is 1. The molecule has 4 rings (SSSR count). The predicted molar refractivity (Wildman–Crippen MR) is 92.4 cm³/mol. The molecule has 2 aromatic rings. The van der Waals surface area contributed by atoms with E-state index < -0.39 is 23.6 Å². The standard InChI is InChI=1S/C20H14F3NO4/c21-20(22,23)12-3-5-13(6-4-12)24-16-10-28-19(27)18(16)15(9-17(24)26)11-1-7-14(25)8-2-11/h1-8,15,25H,9-10H2. The first kappa shape index (κ1) is 18.1. The summed E-state index contributed by atoms with van der Waals surface area (Å²) in [5.41, 5.74) is 0.734. The van der Waals surface area contributed by atoms with Gasteiger partial charge < -0.3 is 9.84 Å². The number of carbonyl (C=O) groups excluding carboxylic acids is 2. The van der Waals surface area contributed by atoms with Crippen LogP contribution in [0.15, 0.2) is 59.8 Å². The Balaban J connectivity index is 1.76. The van der Waals surface area contributed by atoms with Gasteiger partial charge in [0.25, 0.3) is 0 Å². The fraction of sp³-hybridized carbons (Fsp3) is 0.200. The fourth-order valence-corrected chi connectivity index (χ4v) is 3.54. The number of benzene rings is 2. The van der Waals surface area contributed by atoms with Crippen molar-refractivity contribution in [3.05, 3.63) is 70.9 Å². The van der Waals surface area contributed by atoms with E-state index in [9.17, 15) is 27.9 Å². The molecule has 0 radical (unpaired) electrons. The summed E-state index contributed by atoms with van der Waals surface area (Å²) >= 11 is 0. The number of ether oxygens (including phenoxy) is 1. The maximum Gasteiger partial charge on any atom is 0.416 e. The number of hydrogen-bond donors (Lipinski definition) is 1. The van der Waals surface area contributed by atoms with E-state index in [2.05, 4.69) is 0 Å². The molecule has 2 aliphatic heterocycles. The molecule has 0 spiro atoms. The number of aromatic hydroxyl groups is 1. The van der Waals surface area contributed by atoms with Gasteiger partial charge in [0, 0.05) is 18.0 Å². The summed E-state index contributed by atoms with van der Waals surface area (Å²) in [6.07, 6.45) is -4.52. The summed E-state index contributed by atoms with van der Waals surface area (Å²) in [4.78, 5) is 26.4. The molecular weight excluding hydrogens is 375 g/mol. The van der Waals surface area contributed by atoms with Gasteiger partial charge in [-0.15, -0.1) is 0 Å². The second-order valence-corrected chi connectivity index (χ2v) is 6.56. The zero-order valence-corrected chi connectivity index (χ0v) is 14.4. The third-order valence-corrected chi connectivity index (χ3v) is 4.87. The first-order chi connectivity index (χ1) is 13.3. The van der Waals surface area contributed by atoms with E-state index in [0.29, 0.717) is 16.8 Å². The van der Waals surface area contributed by atoms with E-state index >= 15 is 0 Å². The molecule has 1 unspecified atom stereocenters.